The third-order valence-corrected chi connectivity index (χ3v) is 7.31. The molecule has 0 amide bonds. The Hall–Kier alpha value is -0.790. The molecular formula is C17H22O2. The fourth-order valence-electron chi connectivity index (χ4n) is 6.86. The van der Waals surface area contributed by atoms with E-state index in [1.807, 2.05) is 0 Å². The average molecular weight is 258 g/mol. The molecule has 0 N–H and O–H groups in total. The van der Waals surface area contributed by atoms with Crippen molar-refractivity contribution in [3.8, 4) is 0 Å². The fourth-order valence-corrected chi connectivity index (χ4v) is 6.86. The molecule has 5 aliphatic carbocycles. The highest BCUT2D eigenvalue weighted by atomic mass is 16.6. The summed E-state index contributed by atoms with van der Waals surface area (Å²) in [5.74, 6) is 6.06. The van der Waals surface area contributed by atoms with Crippen molar-refractivity contribution in [1.29, 1.82) is 0 Å². The van der Waals surface area contributed by atoms with Crippen LogP contribution in [0.2, 0.25) is 0 Å². The normalized spacial score (nSPS) is 58.9. The van der Waals surface area contributed by atoms with E-state index in [0.29, 0.717) is 17.4 Å². The molecule has 0 aromatic carbocycles. The van der Waals surface area contributed by atoms with E-state index in [1.165, 1.54) is 25.7 Å². The Morgan fingerprint density at radius 3 is 2.63 bits per heavy atom. The van der Waals surface area contributed by atoms with Crippen LogP contribution in [0.25, 0.3) is 0 Å². The average Bonchev–Trinajstić information content (AvgIpc) is 2.84. The van der Waals surface area contributed by atoms with Crippen LogP contribution in [0.5, 0.6) is 0 Å². The largest absolute Gasteiger partial charge is 0.455 e. The second-order valence-electron chi connectivity index (χ2n) is 7.93. The molecule has 4 bridgehead atoms. The van der Waals surface area contributed by atoms with Gasteiger partial charge in [0.25, 0.3) is 0 Å². The van der Waals surface area contributed by atoms with Crippen molar-refractivity contribution in [3.05, 3.63) is 12.2 Å². The zero-order valence-electron chi connectivity index (χ0n) is 11.6. The number of rotatable bonds is 2. The maximum Gasteiger partial charge on any atom is 0.333 e. The van der Waals surface area contributed by atoms with Gasteiger partial charge in [0.2, 0.25) is 0 Å². The summed E-state index contributed by atoms with van der Waals surface area (Å²) < 4.78 is 5.95. The van der Waals surface area contributed by atoms with E-state index in [9.17, 15) is 4.79 Å². The summed E-state index contributed by atoms with van der Waals surface area (Å²) in [5.41, 5.74) is 0.527. The van der Waals surface area contributed by atoms with E-state index in [1.54, 1.807) is 6.92 Å². The molecule has 5 aliphatic rings. The topological polar surface area (TPSA) is 26.3 Å². The van der Waals surface area contributed by atoms with E-state index in [4.69, 9.17) is 4.74 Å². The minimum absolute atomic E-state index is 0.0354. The van der Waals surface area contributed by atoms with Gasteiger partial charge in [0.1, 0.15) is 5.60 Å². The van der Waals surface area contributed by atoms with Crippen molar-refractivity contribution < 1.29 is 9.53 Å². The number of hydrogen-bond donors (Lipinski definition) is 0. The number of esters is 1. The molecule has 0 saturated heterocycles. The van der Waals surface area contributed by atoms with Gasteiger partial charge in [0.15, 0.2) is 0 Å². The molecule has 5 rings (SSSR count). The fraction of sp³-hybridized carbons (Fsp3) is 0.824. The predicted octanol–water partition coefficient (Wildman–Crippen LogP) is 3.18. The Morgan fingerprint density at radius 1 is 1.16 bits per heavy atom. The van der Waals surface area contributed by atoms with Crippen LogP contribution in [0.3, 0.4) is 0 Å². The number of hydrogen-bond acceptors (Lipinski definition) is 2. The lowest BCUT2D eigenvalue weighted by Crippen LogP contribution is -2.39. The van der Waals surface area contributed by atoms with Gasteiger partial charge >= 0.3 is 5.97 Å². The molecule has 8 atom stereocenters. The number of ether oxygens (including phenoxy) is 1. The van der Waals surface area contributed by atoms with Crippen LogP contribution >= 0.6 is 0 Å². The molecule has 2 heteroatoms. The van der Waals surface area contributed by atoms with Crippen molar-refractivity contribution in [2.45, 2.75) is 44.6 Å². The highest BCUT2D eigenvalue weighted by Crippen LogP contribution is 2.79. The van der Waals surface area contributed by atoms with Crippen molar-refractivity contribution in [2.24, 2.45) is 41.4 Å². The first kappa shape index (κ1) is 10.9. The third-order valence-electron chi connectivity index (χ3n) is 7.31. The molecule has 0 aromatic rings. The first-order valence-corrected chi connectivity index (χ1v) is 8.00. The zero-order chi connectivity index (χ0) is 12.9. The monoisotopic (exact) mass is 258 g/mol. The Bertz CT molecular complexity index is 495. The second kappa shape index (κ2) is 3.10. The summed E-state index contributed by atoms with van der Waals surface area (Å²) in [5, 5.41) is 0. The number of carbonyl (C=O) groups is 1. The SMILES string of the molecule is C=C(C)C(=O)OC12CC1C1CC2C2C3CCC(C3)C12. The van der Waals surface area contributed by atoms with Gasteiger partial charge < -0.3 is 4.74 Å². The van der Waals surface area contributed by atoms with Gasteiger partial charge in [0, 0.05) is 17.4 Å². The molecule has 0 aromatic heterocycles. The minimum atomic E-state index is -0.144. The molecule has 5 fully saturated rings. The minimum Gasteiger partial charge on any atom is -0.455 e. The molecule has 0 radical (unpaired) electrons. The standard InChI is InChI=1S/C17H22O2/c1-8(2)16(18)19-17-7-13(17)11-6-12(17)15-10-4-3-9(5-10)14(11)15/h9-15H,1,3-7H2,2H3. The van der Waals surface area contributed by atoms with Crippen molar-refractivity contribution >= 4 is 5.97 Å². The predicted molar refractivity (Wildman–Crippen MR) is 71.2 cm³/mol. The molecule has 102 valence electrons. The van der Waals surface area contributed by atoms with Gasteiger partial charge in [-0.05, 0) is 68.6 Å². The second-order valence-corrected chi connectivity index (χ2v) is 7.93. The zero-order valence-corrected chi connectivity index (χ0v) is 11.6. The van der Waals surface area contributed by atoms with E-state index in [-0.39, 0.29) is 11.6 Å². The van der Waals surface area contributed by atoms with Crippen molar-refractivity contribution in [3.63, 3.8) is 0 Å². The van der Waals surface area contributed by atoms with Gasteiger partial charge in [-0.25, -0.2) is 4.79 Å². The van der Waals surface area contributed by atoms with Gasteiger partial charge in [-0.1, -0.05) is 6.58 Å². The maximum atomic E-state index is 11.9. The van der Waals surface area contributed by atoms with Crippen molar-refractivity contribution in [1.82, 2.24) is 0 Å². The van der Waals surface area contributed by atoms with Gasteiger partial charge in [-0.3, -0.25) is 0 Å². The Labute approximate surface area is 114 Å². The highest BCUT2D eigenvalue weighted by molar-refractivity contribution is 5.87. The van der Waals surface area contributed by atoms with Crippen LogP contribution in [0.1, 0.15) is 39.0 Å². The third kappa shape index (κ3) is 1.10. The van der Waals surface area contributed by atoms with E-state index >= 15 is 0 Å². The lowest BCUT2D eigenvalue weighted by molar-refractivity contribution is -0.153. The van der Waals surface area contributed by atoms with Crippen LogP contribution in [0.4, 0.5) is 0 Å². The lowest BCUT2D eigenvalue weighted by Gasteiger charge is -2.38. The molecule has 19 heavy (non-hydrogen) atoms. The Kier molecular flexibility index (Phi) is 1.78. The van der Waals surface area contributed by atoms with Gasteiger partial charge in [-0.15, -0.1) is 0 Å². The van der Waals surface area contributed by atoms with E-state index < -0.39 is 0 Å². The molecular weight excluding hydrogens is 236 g/mol. The van der Waals surface area contributed by atoms with E-state index in [0.717, 1.165) is 36.0 Å². The number of fused-ring (bicyclic) bond motifs is 12. The van der Waals surface area contributed by atoms with E-state index in [2.05, 4.69) is 6.58 Å². The molecule has 0 heterocycles. The summed E-state index contributed by atoms with van der Waals surface area (Å²) in [6, 6.07) is 0. The lowest BCUT2D eigenvalue weighted by atomic mass is 9.70. The maximum absolute atomic E-state index is 11.9. The van der Waals surface area contributed by atoms with Crippen LogP contribution in [0, 0.1) is 41.4 Å². The van der Waals surface area contributed by atoms with Crippen LogP contribution in [-0.4, -0.2) is 11.6 Å². The highest BCUT2D eigenvalue weighted by Gasteiger charge is 2.80. The molecule has 0 spiro atoms. The van der Waals surface area contributed by atoms with Crippen LogP contribution in [0.15, 0.2) is 12.2 Å². The van der Waals surface area contributed by atoms with Crippen molar-refractivity contribution in [2.75, 3.05) is 0 Å². The summed E-state index contributed by atoms with van der Waals surface area (Å²) in [6.07, 6.45) is 6.94. The summed E-state index contributed by atoms with van der Waals surface area (Å²) in [6.45, 7) is 5.51. The summed E-state index contributed by atoms with van der Waals surface area (Å²) in [7, 11) is 0. The Morgan fingerprint density at radius 2 is 1.89 bits per heavy atom. The molecule has 8 unspecified atom stereocenters. The van der Waals surface area contributed by atoms with Gasteiger partial charge in [-0.2, -0.15) is 0 Å². The quantitative estimate of drug-likeness (QED) is 0.432. The van der Waals surface area contributed by atoms with Gasteiger partial charge in [0.05, 0.1) is 0 Å². The first-order chi connectivity index (χ1) is 9.12. The molecule has 0 aliphatic heterocycles. The van der Waals surface area contributed by atoms with Crippen LogP contribution in [-0.2, 0) is 9.53 Å². The number of carbonyl (C=O) groups excluding carboxylic acids is 1. The van der Waals surface area contributed by atoms with Crippen LogP contribution < -0.4 is 0 Å². The molecule has 5 saturated carbocycles. The first-order valence-electron chi connectivity index (χ1n) is 8.00. The molecule has 2 nitrogen and oxygen atoms in total. The smallest absolute Gasteiger partial charge is 0.333 e. The Balaban J connectivity index is 1.46. The summed E-state index contributed by atoms with van der Waals surface area (Å²) in [4.78, 5) is 11.9. The summed E-state index contributed by atoms with van der Waals surface area (Å²) >= 11 is 0.